The van der Waals surface area contributed by atoms with Crippen LogP contribution in [0.2, 0.25) is 0 Å². The van der Waals surface area contributed by atoms with Gasteiger partial charge in [0.2, 0.25) is 17.6 Å². The van der Waals surface area contributed by atoms with Crippen LogP contribution >= 0.6 is 0 Å². The van der Waals surface area contributed by atoms with Crippen LogP contribution in [0.1, 0.15) is 32.2 Å². The van der Waals surface area contributed by atoms with Crippen LogP contribution in [0.5, 0.6) is 11.6 Å². The average Bonchev–Trinajstić information content (AvgIpc) is 3.69. The molecule has 0 aliphatic heterocycles. The third-order valence-electron chi connectivity index (χ3n) is 5.91. The van der Waals surface area contributed by atoms with Gasteiger partial charge in [-0.1, -0.05) is 47.6 Å². The number of hydrogen-bond acceptors (Lipinski definition) is 10. The number of nitrogens with one attached hydrogen (secondary N) is 2. The number of aromatic nitrogens is 5. The minimum atomic E-state index is -1.13. The van der Waals surface area contributed by atoms with E-state index in [0.29, 0.717) is 17.2 Å². The lowest BCUT2D eigenvalue weighted by Gasteiger charge is -2.22. The molecule has 1 amide bonds. The Labute approximate surface area is 247 Å². The number of hydrogen-bond donors (Lipinski definition) is 2. The van der Waals surface area contributed by atoms with Gasteiger partial charge in [0, 0.05) is 29.6 Å². The maximum absolute atomic E-state index is 13.0. The van der Waals surface area contributed by atoms with Gasteiger partial charge in [-0.2, -0.15) is 10.1 Å². The number of aromatic amines is 1. The predicted octanol–water partition coefficient (Wildman–Crippen LogP) is 5.49. The second-order valence-electron chi connectivity index (χ2n) is 10.5. The lowest BCUT2D eigenvalue weighted by Crippen LogP contribution is -2.45. The summed E-state index contributed by atoms with van der Waals surface area (Å²) in [6, 6.07) is 20.7. The zero-order valence-electron chi connectivity index (χ0n) is 23.8. The zero-order chi connectivity index (χ0) is 30.2. The highest BCUT2D eigenvalue weighted by atomic mass is 16.6. The molecule has 0 bridgehead atoms. The summed E-state index contributed by atoms with van der Waals surface area (Å²) in [5.74, 6) is 0.640. The molecule has 2 N–H and O–H groups in total. The van der Waals surface area contributed by atoms with E-state index >= 15 is 0 Å². The number of carbonyl (C=O) groups is 2. The summed E-state index contributed by atoms with van der Waals surface area (Å²) in [5, 5.41) is 13.5. The van der Waals surface area contributed by atoms with Crippen LogP contribution < -0.4 is 10.1 Å². The number of alkyl carbamates (subject to hydrolysis) is 1. The summed E-state index contributed by atoms with van der Waals surface area (Å²) in [6.45, 7) is 5.21. The maximum Gasteiger partial charge on any atom is 0.408 e. The average molecular weight is 583 g/mol. The number of ether oxygens (including phenoxy) is 3. The van der Waals surface area contributed by atoms with Crippen molar-refractivity contribution in [1.82, 2.24) is 30.6 Å². The number of pyridine rings is 1. The Morgan fingerprint density at radius 2 is 1.84 bits per heavy atom. The lowest BCUT2D eigenvalue weighted by atomic mass is 10.2. The molecule has 0 radical (unpaired) electrons. The van der Waals surface area contributed by atoms with Crippen LogP contribution in [0, 0.1) is 0 Å². The lowest BCUT2D eigenvalue weighted by molar-refractivity contribution is -0.147. The molecule has 0 aliphatic carbocycles. The SMILES string of the molecule is CC(C)(C)OC(=O)N[C@@H](Cc1nc(-c2cccc(Oc3ccc(-c4ccn[nH]4)cn3)c2)no1)C(=O)OCc1ccccc1. The minimum absolute atomic E-state index is 0.0365. The van der Waals surface area contributed by atoms with Gasteiger partial charge in [0.15, 0.2) is 0 Å². The van der Waals surface area contributed by atoms with Crippen molar-refractivity contribution in [2.75, 3.05) is 0 Å². The fourth-order valence-corrected chi connectivity index (χ4v) is 3.94. The van der Waals surface area contributed by atoms with Gasteiger partial charge >= 0.3 is 12.1 Å². The van der Waals surface area contributed by atoms with Crippen LogP contribution in [0.4, 0.5) is 4.79 Å². The highest BCUT2D eigenvalue weighted by Crippen LogP contribution is 2.26. The van der Waals surface area contributed by atoms with Gasteiger partial charge in [-0.25, -0.2) is 14.6 Å². The van der Waals surface area contributed by atoms with Crippen molar-refractivity contribution >= 4 is 12.1 Å². The van der Waals surface area contributed by atoms with Crippen molar-refractivity contribution < 1.29 is 28.3 Å². The second kappa shape index (κ2) is 13.0. The minimum Gasteiger partial charge on any atom is -0.459 e. The first kappa shape index (κ1) is 29.0. The van der Waals surface area contributed by atoms with E-state index in [-0.39, 0.29) is 24.7 Å². The molecule has 43 heavy (non-hydrogen) atoms. The highest BCUT2D eigenvalue weighted by Gasteiger charge is 2.28. The van der Waals surface area contributed by atoms with Gasteiger partial charge in [0.05, 0.1) is 12.1 Å². The van der Waals surface area contributed by atoms with Gasteiger partial charge in [-0.05, 0) is 50.6 Å². The fraction of sp³-hybridized carbons (Fsp3) is 0.226. The topological polar surface area (TPSA) is 154 Å². The molecule has 3 heterocycles. The smallest absolute Gasteiger partial charge is 0.408 e. The molecule has 3 aromatic heterocycles. The number of rotatable bonds is 10. The molecule has 0 fully saturated rings. The van der Waals surface area contributed by atoms with Crippen LogP contribution in [0.25, 0.3) is 22.6 Å². The number of nitrogens with zero attached hydrogens (tertiary/aromatic N) is 4. The summed E-state index contributed by atoms with van der Waals surface area (Å²) >= 11 is 0. The van der Waals surface area contributed by atoms with E-state index in [9.17, 15) is 9.59 Å². The molecule has 0 aliphatic rings. The Kier molecular flexibility index (Phi) is 8.75. The molecular weight excluding hydrogens is 552 g/mol. The van der Waals surface area contributed by atoms with Crippen molar-refractivity contribution in [3.63, 3.8) is 0 Å². The molecule has 0 spiro atoms. The van der Waals surface area contributed by atoms with E-state index in [4.69, 9.17) is 18.7 Å². The molecule has 5 aromatic rings. The number of esters is 1. The van der Waals surface area contributed by atoms with E-state index in [1.807, 2.05) is 42.5 Å². The third-order valence-corrected chi connectivity index (χ3v) is 5.91. The van der Waals surface area contributed by atoms with Crippen LogP contribution in [0.3, 0.4) is 0 Å². The van der Waals surface area contributed by atoms with E-state index in [1.165, 1.54) is 0 Å². The molecule has 0 unspecified atom stereocenters. The Balaban J connectivity index is 1.26. The van der Waals surface area contributed by atoms with Crippen molar-refractivity contribution in [2.24, 2.45) is 0 Å². The molecule has 0 saturated carbocycles. The Hall–Kier alpha value is -5.52. The first-order valence-electron chi connectivity index (χ1n) is 13.5. The van der Waals surface area contributed by atoms with Crippen LogP contribution in [-0.4, -0.2) is 49.0 Å². The van der Waals surface area contributed by atoms with E-state index in [2.05, 4.69) is 30.6 Å². The monoisotopic (exact) mass is 582 g/mol. The standard InChI is InChI=1S/C31H30N6O6/c1-31(2,3)42-30(39)34-25(29(38)40-19-20-8-5-4-6-9-20)17-27-35-28(37-43-27)21-10-7-11-23(16-21)41-26-13-12-22(18-32-26)24-14-15-33-36-24/h4-16,18,25H,17,19H2,1-3H3,(H,33,36)(H,34,39)/t25-/m0/s1. The molecule has 12 heteroatoms. The van der Waals surface area contributed by atoms with Gasteiger partial charge in [0.25, 0.3) is 0 Å². The molecule has 220 valence electrons. The Morgan fingerprint density at radius 1 is 1.00 bits per heavy atom. The zero-order valence-corrected chi connectivity index (χ0v) is 23.8. The predicted molar refractivity (Wildman–Crippen MR) is 155 cm³/mol. The van der Waals surface area contributed by atoms with Crippen molar-refractivity contribution in [3.05, 3.63) is 96.6 Å². The van der Waals surface area contributed by atoms with Crippen molar-refractivity contribution in [1.29, 1.82) is 0 Å². The number of benzene rings is 2. The Morgan fingerprint density at radius 3 is 2.56 bits per heavy atom. The van der Waals surface area contributed by atoms with Crippen molar-refractivity contribution in [2.45, 2.75) is 45.4 Å². The summed E-state index contributed by atoms with van der Waals surface area (Å²) in [5.41, 5.74) is 2.39. The number of H-pyrrole nitrogens is 1. The number of carbonyl (C=O) groups excluding carboxylic acids is 2. The molecule has 12 nitrogen and oxygen atoms in total. The van der Waals surface area contributed by atoms with Crippen molar-refractivity contribution in [3.8, 4) is 34.3 Å². The third kappa shape index (κ3) is 8.26. The summed E-state index contributed by atoms with van der Waals surface area (Å²) in [6.07, 6.45) is 2.47. The van der Waals surface area contributed by atoms with Crippen LogP contribution in [-0.2, 0) is 27.3 Å². The molecule has 5 rings (SSSR count). The van der Waals surface area contributed by atoms with E-state index < -0.39 is 23.7 Å². The fourth-order valence-electron chi connectivity index (χ4n) is 3.94. The quantitative estimate of drug-likeness (QED) is 0.202. The summed E-state index contributed by atoms with van der Waals surface area (Å²) in [7, 11) is 0. The summed E-state index contributed by atoms with van der Waals surface area (Å²) in [4.78, 5) is 34.3. The number of amides is 1. The Bertz CT molecular complexity index is 1650. The van der Waals surface area contributed by atoms with Gasteiger partial charge < -0.3 is 24.1 Å². The first-order chi connectivity index (χ1) is 20.7. The molecule has 0 saturated heterocycles. The van der Waals surface area contributed by atoms with E-state index in [0.717, 1.165) is 16.8 Å². The van der Waals surface area contributed by atoms with Crippen LogP contribution in [0.15, 0.2) is 89.7 Å². The van der Waals surface area contributed by atoms with E-state index in [1.54, 1.807) is 63.5 Å². The summed E-state index contributed by atoms with van der Waals surface area (Å²) < 4.78 is 22.1. The first-order valence-corrected chi connectivity index (χ1v) is 13.5. The highest BCUT2D eigenvalue weighted by molar-refractivity contribution is 5.81. The van der Waals surface area contributed by atoms with Gasteiger partial charge in [0.1, 0.15) is 24.0 Å². The molecule has 2 aromatic carbocycles. The largest absolute Gasteiger partial charge is 0.459 e. The normalized spacial score (nSPS) is 11.9. The molecule has 1 atom stereocenters. The van der Waals surface area contributed by atoms with Gasteiger partial charge in [-0.15, -0.1) is 0 Å². The van der Waals surface area contributed by atoms with Gasteiger partial charge in [-0.3, -0.25) is 5.10 Å². The maximum atomic E-state index is 13.0. The second-order valence-corrected chi connectivity index (χ2v) is 10.5. The molecular formula is C31H30N6O6.